The number of piperazine rings is 1. The molecular formula is C12H24N2. The minimum atomic E-state index is 0.920. The molecule has 2 aliphatic rings. The molecular weight excluding hydrogens is 172 g/mol. The molecule has 0 bridgehead atoms. The smallest absolute Gasteiger partial charge is 0.0113 e. The molecule has 0 amide bonds. The lowest BCUT2D eigenvalue weighted by atomic mass is 10.1. The second kappa shape index (κ2) is 4.63. The second-order valence-corrected chi connectivity index (χ2v) is 5.04. The van der Waals surface area contributed by atoms with Gasteiger partial charge in [0.1, 0.15) is 0 Å². The molecule has 1 saturated heterocycles. The summed E-state index contributed by atoms with van der Waals surface area (Å²) in [5.41, 5.74) is 0. The first-order chi connectivity index (χ1) is 6.79. The van der Waals surface area contributed by atoms with Crippen molar-refractivity contribution in [2.24, 2.45) is 5.92 Å². The molecule has 2 fully saturated rings. The highest BCUT2D eigenvalue weighted by atomic mass is 15.3. The van der Waals surface area contributed by atoms with Crippen LogP contribution in [0.3, 0.4) is 0 Å². The van der Waals surface area contributed by atoms with Gasteiger partial charge in [0, 0.05) is 32.2 Å². The predicted octanol–water partition coefficient (Wildman–Crippen LogP) is 1.81. The average Bonchev–Trinajstić information content (AvgIpc) is 2.65. The second-order valence-electron chi connectivity index (χ2n) is 5.04. The molecule has 0 unspecified atom stereocenters. The van der Waals surface area contributed by atoms with Crippen LogP contribution in [-0.2, 0) is 0 Å². The lowest BCUT2D eigenvalue weighted by Gasteiger charge is -2.37. The number of likely N-dealkylation sites (N-methyl/N-ethyl adjacent to an activating group) is 1. The van der Waals surface area contributed by atoms with Gasteiger partial charge in [0.25, 0.3) is 0 Å². The minimum Gasteiger partial charge on any atom is -0.301 e. The van der Waals surface area contributed by atoms with Crippen LogP contribution in [-0.4, -0.2) is 48.6 Å². The van der Waals surface area contributed by atoms with Gasteiger partial charge in [-0.3, -0.25) is 4.90 Å². The van der Waals surface area contributed by atoms with Crippen LogP contribution in [0.15, 0.2) is 0 Å². The summed E-state index contributed by atoms with van der Waals surface area (Å²) >= 11 is 0. The maximum atomic E-state index is 2.73. The summed E-state index contributed by atoms with van der Waals surface area (Å²) in [5.74, 6) is 0.976. The van der Waals surface area contributed by atoms with Crippen molar-refractivity contribution in [3.8, 4) is 0 Å². The molecule has 0 aromatic carbocycles. The fourth-order valence-electron chi connectivity index (χ4n) is 2.95. The lowest BCUT2D eigenvalue weighted by Crippen LogP contribution is -2.49. The standard InChI is InChI=1S/C12H24N2/c1-3-13-6-8-14(9-7-13)12-5-4-11(2)10-12/h11-12H,3-10H2,1-2H3/t11-,12-/m0/s1. The van der Waals surface area contributed by atoms with Gasteiger partial charge in [0.2, 0.25) is 0 Å². The van der Waals surface area contributed by atoms with E-state index in [1.54, 1.807) is 0 Å². The molecule has 2 atom stereocenters. The number of hydrogen-bond donors (Lipinski definition) is 0. The van der Waals surface area contributed by atoms with E-state index in [9.17, 15) is 0 Å². The van der Waals surface area contributed by atoms with Crippen molar-refractivity contribution in [1.29, 1.82) is 0 Å². The molecule has 82 valence electrons. The van der Waals surface area contributed by atoms with Crippen molar-refractivity contribution >= 4 is 0 Å². The molecule has 0 aromatic rings. The van der Waals surface area contributed by atoms with Crippen molar-refractivity contribution in [1.82, 2.24) is 9.80 Å². The molecule has 2 heteroatoms. The third kappa shape index (κ3) is 2.29. The third-order valence-electron chi connectivity index (χ3n) is 4.04. The Hall–Kier alpha value is -0.0800. The lowest BCUT2D eigenvalue weighted by molar-refractivity contribution is 0.1000. The van der Waals surface area contributed by atoms with Crippen molar-refractivity contribution in [2.45, 2.75) is 39.2 Å². The van der Waals surface area contributed by atoms with E-state index in [0.717, 1.165) is 12.0 Å². The van der Waals surface area contributed by atoms with Gasteiger partial charge in [-0.2, -0.15) is 0 Å². The molecule has 1 aliphatic carbocycles. The van der Waals surface area contributed by atoms with Crippen LogP contribution < -0.4 is 0 Å². The quantitative estimate of drug-likeness (QED) is 0.664. The summed E-state index contributed by atoms with van der Waals surface area (Å²) in [7, 11) is 0. The highest BCUT2D eigenvalue weighted by Gasteiger charge is 2.28. The van der Waals surface area contributed by atoms with E-state index in [-0.39, 0.29) is 0 Å². The molecule has 0 radical (unpaired) electrons. The van der Waals surface area contributed by atoms with Crippen LogP contribution in [0.25, 0.3) is 0 Å². The Morgan fingerprint density at radius 3 is 2.29 bits per heavy atom. The van der Waals surface area contributed by atoms with E-state index in [0.29, 0.717) is 0 Å². The van der Waals surface area contributed by atoms with Gasteiger partial charge in [0.05, 0.1) is 0 Å². The van der Waals surface area contributed by atoms with Gasteiger partial charge in [-0.25, -0.2) is 0 Å². The number of hydrogen-bond acceptors (Lipinski definition) is 2. The van der Waals surface area contributed by atoms with Gasteiger partial charge in [-0.05, 0) is 31.7 Å². The van der Waals surface area contributed by atoms with Crippen LogP contribution in [0.5, 0.6) is 0 Å². The van der Waals surface area contributed by atoms with Gasteiger partial charge in [0.15, 0.2) is 0 Å². The zero-order valence-electron chi connectivity index (χ0n) is 9.71. The molecule has 1 aliphatic heterocycles. The van der Waals surface area contributed by atoms with Crippen molar-refractivity contribution in [3.63, 3.8) is 0 Å². The summed E-state index contributed by atoms with van der Waals surface area (Å²) in [4.78, 5) is 5.30. The van der Waals surface area contributed by atoms with Crippen LogP contribution in [0.1, 0.15) is 33.1 Å². The molecule has 0 spiro atoms. The number of rotatable bonds is 2. The molecule has 0 N–H and O–H groups in total. The Labute approximate surface area is 88.3 Å². The van der Waals surface area contributed by atoms with E-state index >= 15 is 0 Å². The summed E-state index contributed by atoms with van der Waals surface area (Å²) in [6.45, 7) is 11.1. The van der Waals surface area contributed by atoms with Crippen molar-refractivity contribution < 1.29 is 0 Å². The molecule has 1 saturated carbocycles. The highest BCUT2D eigenvalue weighted by Crippen LogP contribution is 2.29. The Bertz CT molecular complexity index is 173. The largest absolute Gasteiger partial charge is 0.301 e. The molecule has 2 nitrogen and oxygen atoms in total. The maximum Gasteiger partial charge on any atom is 0.0113 e. The topological polar surface area (TPSA) is 6.48 Å². The van der Waals surface area contributed by atoms with Gasteiger partial charge < -0.3 is 4.90 Å². The first-order valence-corrected chi connectivity index (χ1v) is 6.26. The maximum absolute atomic E-state index is 2.73. The average molecular weight is 196 g/mol. The normalized spacial score (nSPS) is 36.4. The zero-order valence-corrected chi connectivity index (χ0v) is 9.71. The summed E-state index contributed by atoms with van der Waals surface area (Å²) < 4.78 is 0. The van der Waals surface area contributed by atoms with Crippen molar-refractivity contribution in [3.05, 3.63) is 0 Å². The molecule has 0 aromatic heterocycles. The zero-order chi connectivity index (χ0) is 9.97. The summed E-state index contributed by atoms with van der Waals surface area (Å²) in [6, 6.07) is 0.920. The molecule has 14 heavy (non-hydrogen) atoms. The van der Waals surface area contributed by atoms with Gasteiger partial charge >= 0.3 is 0 Å². The van der Waals surface area contributed by atoms with Gasteiger partial charge in [-0.15, -0.1) is 0 Å². The Kier molecular flexibility index (Phi) is 3.45. The minimum absolute atomic E-state index is 0.920. The van der Waals surface area contributed by atoms with Crippen molar-refractivity contribution in [2.75, 3.05) is 32.7 Å². The Morgan fingerprint density at radius 1 is 1.07 bits per heavy atom. The van der Waals surface area contributed by atoms with Crippen LogP contribution >= 0.6 is 0 Å². The Balaban J connectivity index is 1.78. The first-order valence-electron chi connectivity index (χ1n) is 6.26. The SMILES string of the molecule is CCN1CCN([C@H]2CC[C@H](C)C2)CC1. The molecule has 1 heterocycles. The van der Waals surface area contributed by atoms with Gasteiger partial charge in [-0.1, -0.05) is 13.8 Å². The van der Waals surface area contributed by atoms with E-state index in [2.05, 4.69) is 23.6 Å². The van der Waals surface area contributed by atoms with Crippen LogP contribution in [0.2, 0.25) is 0 Å². The van der Waals surface area contributed by atoms with E-state index < -0.39 is 0 Å². The highest BCUT2D eigenvalue weighted by molar-refractivity contribution is 4.84. The fourth-order valence-corrected chi connectivity index (χ4v) is 2.95. The van der Waals surface area contributed by atoms with Crippen LogP contribution in [0, 0.1) is 5.92 Å². The van der Waals surface area contributed by atoms with E-state index in [1.165, 1.54) is 52.0 Å². The third-order valence-corrected chi connectivity index (χ3v) is 4.04. The summed E-state index contributed by atoms with van der Waals surface area (Å²) in [6.07, 6.45) is 4.36. The summed E-state index contributed by atoms with van der Waals surface area (Å²) in [5, 5.41) is 0. The van der Waals surface area contributed by atoms with Crippen LogP contribution in [0.4, 0.5) is 0 Å². The van der Waals surface area contributed by atoms with E-state index in [1.807, 2.05) is 0 Å². The first kappa shape index (κ1) is 10.4. The predicted molar refractivity (Wildman–Crippen MR) is 60.5 cm³/mol. The fraction of sp³-hybridized carbons (Fsp3) is 1.00. The number of nitrogens with zero attached hydrogens (tertiary/aromatic N) is 2. The monoisotopic (exact) mass is 196 g/mol. The molecule has 2 rings (SSSR count). The Morgan fingerprint density at radius 2 is 1.79 bits per heavy atom. The van der Waals surface area contributed by atoms with E-state index in [4.69, 9.17) is 0 Å².